The number of phenolic OH excluding ortho intramolecular Hbond substituents is 4. The lowest BCUT2D eigenvalue weighted by molar-refractivity contribution is -0.432. The summed E-state index contributed by atoms with van der Waals surface area (Å²) in [5, 5.41) is 79.5. The van der Waals surface area contributed by atoms with Gasteiger partial charge in [0.2, 0.25) is 0 Å². The average Bonchev–Trinajstić information content (AvgIpc) is 2.92. The molecule has 0 saturated carbocycles. The Kier molecular flexibility index (Phi) is 8.37. The largest absolute Gasteiger partial charge is 0.506 e. The predicted octanol–water partition coefficient (Wildman–Crippen LogP) is 5.66. The molecule has 42 heavy (non-hydrogen) atoms. The van der Waals surface area contributed by atoms with Crippen molar-refractivity contribution in [2.45, 2.75) is 9.79 Å². The molecule has 218 valence electrons. The third-order valence-electron chi connectivity index (χ3n) is 5.38. The first kappa shape index (κ1) is 29.9. The summed E-state index contributed by atoms with van der Waals surface area (Å²) in [4.78, 5) is 9.49. The summed E-state index contributed by atoms with van der Waals surface area (Å²) in [6, 6.07) is 8.08. The number of aromatic hydroxyl groups is 4. The number of nitrogens with zero attached hydrogens (tertiary/aromatic N) is 5. The number of benzene rings is 4. The van der Waals surface area contributed by atoms with Crippen molar-refractivity contribution in [2.75, 3.05) is 5.73 Å². The molecule has 0 saturated heterocycles. The quantitative estimate of drug-likeness (QED) is 0.0174. The zero-order valence-electron chi connectivity index (χ0n) is 20.4. The Morgan fingerprint density at radius 1 is 0.857 bits per heavy atom. The summed E-state index contributed by atoms with van der Waals surface area (Å²) >= 11 is 0.316. The second-order valence-corrected chi connectivity index (χ2v) is 10.2. The number of nitrogen functional groups attached to an aromatic ring is 1. The second-order valence-electron chi connectivity index (χ2n) is 8.04. The standard InChI is InChI=1S/C22H16N6O12S2/c23-12-6-11-9(4-20(12)42(36,37)38)3-19(41-40-39-35)21(22(11)32)27-26-15-8-17(30)14(7-18(15)31)25-24-13-5-10(28(33)34)1-2-16(13)29/h1-8,29-32,35H,23H2,(H,36,37,38). The van der Waals surface area contributed by atoms with Gasteiger partial charge in [0, 0.05) is 29.7 Å². The molecule has 0 aliphatic heterocycles. The summed E-state index contributed by atoms with van der Waals surface area (Å²) in [5.74, 6) is -2.23. The average molecular weight is 621 g/mol. The first-order valence-corrected chi connectivity index (χ1v) is 13.1. The van der Waals surface area contributed by atoms with Crippen molar-refractivity contribution in [3.05, 3.63) is 58.6 Å². The lowest BCUT2D eigenvalue weighted by Gasteiger charge is -2.11. The van der Waals surface area contributed by atoms with Crippen LogP contribution in [0.5, 0.6) is 23.0 Å². The Morgan fingerprint density at radius 2 is 1.45 bits per heavy atom. The van der Waals surface area contributed by atoms with Gasteiger partial charge in [-0.2, -0.15) is 8.42 Å². The zero-order chi connectivity index (χ0) is 30.8. The summed E-state index contributed by atoms with van der Waals surface area (Å²) in [6.45, 7) is 0. The fourth-order valence-corrected chi connectivity index (χ4v) is 4.59. The molecule has 0 heterocycles. The Morgan fingerprint density at radius 3 is 2.02 bits per heavy atom. The molecule has 0 unspecified atom stereocenters. The van der Waals surface area contributed by atoms with E-state index in [4.69, 9.17) is 11.0 Å². The van der Waals surface area contributed by atoms with Gasteiger partial charge in [0.25, 0.3) is 15.8 Å². The number of anilines is 1. The van der Waals surface area contributed by atoms with Gasteiger partial charge < -0.3 is 26.2 Å². The number of phenols is 4. The van der Waals surface area contributed by atoms with Crippen molar-refractivity contribution in [3.8, 4) is 23.0 Å². The minimum Gasteiger partial charge on any atom is -0.506 e. The highest BCUT2D eigenvalue weighted by Crippen LogP contribution is 2.46. The summed E-state index contributed by atoms with van der Waals surface area (Å²) in [5.41, 5.74) is 3.64. The predicted molar refractivity (Wildman–Crippen MR) is 143 cm³/mol. The highest BCUT2D eigenvalue weighted by atomic mass is 32.2. The van der Waals surface area contributed by atoms with E-state index in [1.54, 1.807) is 0 Å². The maximum Gasteiger partial charge on any atom is 0.296 e. The number of azo groups is 2. The van der Waals surface area contributed by atoms with Gasteiger partial charge in [-0.3, -0.25) is 14.7 Å². The van der Waals surface area contributed by atoms with Crippen molar-refractivity contribution in [1.29, 1.82) is 0 Å². The summed E-state index contributed by atoms with van der Waals surface area (Å²) < 4.78 is 37.0. The van der Waals surface area contributed by atoms with Gasteiger partial charge in [-0.15, -0.1) is 24.8 Å². The van der Waals surface area contributed by atoms with E-state index in [-0.39, 0.29) is 44.1 Å². The molecule has 0 bridgehead atoms. The molecule has 4 aromatic rings. The van der Waals surface area contributed by atoms with Crippen molar-refractivity contribution in [2.24, 2.45) is 20.5 Å². The maximum atomic E-state index is 11.6. The van der Waals surface area contributed by atoms with Crippen molar-refractivity contribution in [1.82, 2.24) is 0 Å². The van der Waals surface area contributed by atoms with Gasteiger partial charge in [-0.1, -0.05) is 5.04 Å². The zero-order valence-corrected chi connectivity index (χ0v) is 22.0. The van der Waals surface area contributed by atoms with Crippen LogP contribution in [0.25, 0.3) is 10.8 Å². The molecule has 0 aliphatic carbocycles. The van der Waals surface area contributed by atoms with Gasteiger partial charge in [0.1, 0.15) is 44.9 Å². The fourth-order valence-electron chi connectivity index (χ4n) is 3.46. The Hall–Kier alpha value is -5.12. The van der Waals surface area contributed by atoms with Crippen LogP contribution in [0.15, 0.2) is 78.8 Å². The second kappa shape index (κ2) is 11.8. The van der Waals surface area contributed by atoms with E-state index in [0.717, 1.165) is 42.5 Å². The molecule has 8 N–H and O–H groups in total. The third kappa shape index (κ3) is 6.27. The smallest absolute Gasteiger partial charge is 0.296 e. The monoisotopic (exact) mass is 620 g/mol. The van der Waals surface area contributed by atoms with Crippen LogP contribution in [0, 0.1) is 10.1 Å². The van der Waals surface area contributed by atoms with E-state index in [0.29, 0.717) is 12.0 Å². The Labute approximate surface area is 237 Å². The topological polar surface area (TPSA) is 293 Å². The molecule has 0 spiro atoms. The van der Waals surface area contributed by atoms with Crippen LogP contribution in [0.2, 0.25) is 0 Å². The summed E-state index contributed by atoms with van der Waals surface area (Å²) in [7, 11) is -4.72. The highest BCUT2D eigenvalue weighted by molar-refractivity contribution is 7.94. The molecule has 0 aliphatic rings. The SMILES string of the molecule is Nc1cc2c(O)c(N=Nc3cc(O)c(N=Nc4cc([N+](=O)[O-])ccc4O)cc3O)c(SOOO)cc2cc1S(=O)(=O)O. The third-order valence-corrected chi connectivity index (χ3v) is 6.91. The van der Waals surface area contributed by atoms with E-state index >= 15 is 0 Å². The highest BCUT2D eigenvalue weighted by Gasteiger charge is 2.21. The summed E-state index contributed by atoms with van der Waals surface area (Å²) in [6.07, 6.45) is 0. The van der Waals surface area contributed by atoms with E-state index < -0.39 is 48.6 Å². The van der Waals surface area contributed by atoms with Crippen LogP contribution in [0.4, 0.5) is 34.1 Å². The van der Waals surface area contributed by atoms with Crippen LogP contribution < -0.4 is 5.73 Å². The Balaban J connectivity index is 1.73. The minimum absolute atomic E-state index is 0.0321. The van der Waals surface area contributed by atoms with Crippen LogP contribution in [-0.4, -0.2) is 43.6 Å². The van der Waals surface area contributed by atoms with Crippen molar-refractivity contribution in [3.63, 3.8) is 0 Å². The number of non-ortho nitro benzene ring substituents is 1. The number of hydrogen-bond acceptors (Lipinski definition) is 17. The molecule has 0 atom stereocenters. The van der Waals surface area contributed by atoms with Crippen LogP contribution in [0.1, 0.15) is 0 Å². The molecule has 0 aromatic heterocycles. The number of rotatable bonds is 9. The Bertz CT molecular complexity index is 1900. The van der Waals surface area contributed by atoms with Gasteiger partial charge in [-0.25, -0.2) is 5.26 Å². The molecule has 18 nitrogen and oxygen atoms in total. The lowest BCUT2D eigenvalue weighted by atomic mass is 10.1. The molecule has 0 fully saturated rings. The first-order chi connectivity index (χ1) is 19.8. The number of hydrogen-bond donors (Lipinski definition) is 7. The number of nitro benzene ring substituents is 1. The normalized spacial score (nSPS) is 12.0. The molecule has 0 amide bonds. The van der Waals surface area contributed by atoms with Crippen LogP contribution >= 0.6 is 12.0 Å². The van der Waals surface area contributed by atoms with Gasteiger partial charge in [0.15, 0.2) is 5.75 Å². The van der Waals surface area contributed by atoms with E-state index in [2.05, 4.69) is 29.8 Å². The van der Waals surface area contributed by atoms with E-state index in [1.807, 2.05) is 0 Å². The fraction of sp³-hybridized carbons (Fsp3) is 0. The van der Waals surface area contributed by atoms with Gasteiger partial charge >= 0.3 is 0 Å². The molecule has 20 heteroatoms. The first-order valence-electron chi connectivity index (χ1n) is 10.9. The van der Waals surface area contributed by atoms with E-state index in [1.165, 1.54) is 6.07 Å². The lowest BCUT2D eigenvalue weighted by Crippen LogP contribution is -2.03. The number of nitro groups is 1. The van der Waals surface area contributed by atoms with Crippen LogP contribution in [0.3, 0.4) is 0 Å². The van der Waals surface area contributed by atoms with Crippen molar-refractivity contribution >= 4 is 67.1 Å². The van der Waals surface area contributed by atoms with E-state index in [9.17, 15) is 43.5 Å². The molecule has 4 rings (SSSR count). The number of fused-ring (bicyclic) bond motifs is 1. The molecular weight excluding hydrogens is 604 g/mol. The maximum absolute atomic E-state index is 11.6. The minimum atomic E-state index is -4.72. The molecule has 0 radical (unpaired) electrons. The van der Waals surface area contributed by atoms with Gasteiger partial charge in [0.05, 0.1) is 27.5 Å². The molecule has 4 aromatic carbocycles. The van der Waals surface area contributed by atoms with Crippen molar-refractivity contribution < 1.29 is 52.9 Å². The number of nitrogens with two attached hydrogens (primary N) is 1. The van der Waals surface area contributed by atoms with Gasteiger partial charge in [-0.05, 0) is 29.7 Å². The van der Waals surface area contributed by atoms with Crippen LogP contribution in [-0.2, 0) is 19.5 Å². The molecular formula is C22H16N6O12S2.